The number of fused-ring (bicyclic) bond motifs is 1. The summed E-state index contributed by atoms with van der Waals surface area (Å²) in [6.07, 6.45) is 1.52. The number of benzene rings is 2. The first kappa shape index (κ1) is 22.9. The predicted octanol–water partition coefficient (Wildman–Crippen LogP) is 3.41. The number of carbonyl (C=O) groups excluding carboxylic acids is 3. The number of hydrogen-bond donors (Lipinski definition) is 2. The summed E-state index contributed by atoms with van der Waals surface area (Å²) in [5.41, 5.74) is 2.83. The van der Waals surface area contributed by atoms with Gasteiger partial charge in [-0.2, -0.15) is 5.10 Å². The van der Waals surface area contributed by atoms with E-state index in [9.17, 15) is 14.4 Å². The van der Waals surface area contributed by atoms with Gasteiger partial charge in [0.2, 0.25) is 0 Å². The van der Waals surface area contributed by atoms with Gasteiger partial charge in [-0.3, -0.25) is 10.1 Å². The molecular weight excluding hydrogens is 458 g/mol. The third-order valence-electron chi connectivity index (χ3n) is 4.99. The van der Waals surface area contributed by atoms with Crippen molar-refractivity contribution in [1.29, 1.82) is 0 Å². The summed E-state index contributed by atoms with van der Waals surface area (Å²) >= 11 is 6.32. The van der Waals surface area contributed by atoms with Crippen LogP contribution in [0.4, 0.5) is 4.79 Å². The number of halogens is 1. The maximum Gasteiger partial charge on any atom is 0.339 e. The maximum absolute atomic E-state index is 12.9. The molecule has 0 aliphatic rings. The lowest BCUT2D eigenvalue weighted by Crippen LogP contribution is -2.39. The Morgan fingerprint density at radius 1 is 1.06 bits per heavy atom. The van der Waals surface area contributed by atoms with E-state index >= 15 is 0 Å². The van der Waals surface area contributed by atoms with Crippen LogP contribution in [0.25, 0.3) is 22.3 Å². The third-order valence-corrected chi connectivity index (χ3v) is 5.36. The summed E-state index contributed by atoms with van der Waals surface area (Å²) in [5, 5.41) is 9.75. The minimum Gasteiger partial charge on any atom is -0.452 e. The molecule has 0 spiro atoms. The Balaban J connectivity index is 1.71. The van der Waals surface area contributed by atoms with Crippen molar-refractivity contribution in [2.45, 2.75) is 6.54 Å². The molecule has 172 valence electrons. The molecule has 2 N–H and O–H groups in total. The average molecular weight is 478 g/mol. The van der Waals surface area contributed by atoms with Gasteiger partial charge >= 0.3 is 12.0 Å². The second-order valence-corrected chi connectivity index (χ2v) is 7.66. The lowest BCUT2D eigenvalue weighted by molar-refractivity contribution is -0.123. The van der Waals surface area contributed by atoms with Gasteiger partial charge in [0.05, 0.1) is 29.4 Å². The van der Waals surface area contributed by atoms with Crippen LogP contribution >= 0.6 is 11.6 Å². The Morgan fingerprint density at radius 2 is 1.79 bits per heavy atom. The first-order valence-corrected chi connectivity index (χ1v) is 10.7. The van der Waals surface area contributed by atoms with Crippen LogP contribution < -0.4 is 10.6 Å². The van der Waals surface area contributed by atoms with Crippen molar-refractivity contribution < 1.29 is 19.1 Å². The molecule has 0 unspecified atom stereocenters. The Bertz CT molecular complexity index is 1370. The number of carbonyl (C=O) groups is 3. The van der Waals surface area contributed by atoms with Crippen LogP contribution in [-0.2, 0) is 16.1 Å². The zero-order valence-corrected chi connectivity index (χ0v) is 18.9. The molecular formula is C24H20ClN5O4. The molecule has 0 saturated heterocycles. The highest BCUT2D eigenvalue weighted by Crippen LogP contribution is 2.26. The third kappa shape index (κ3) is 5.05. The molecule has 0 aliphatic heterocycles. The molecule has 4 rings (SSSR count). The van der Waals surface area contributed by atoms with Crippen molar-refractivity contribution in [3.05, 3.63) is 83.0 Å². The van der Waals surface area contributed by atoms with Crippen molar-refractivity contribution >= 4 is 40.5 Å². The average Bonchev–Trinajstić information content (AvgIpc) is 3.26. The van der Waals surface area contributed by atoms with Gasteiger partial charge < -0.3 is 10.1 Å². The van der Waals surface area contributed by atoms with E-state index < -0.39 is 24.5 Å². The summed E-state index contributed by atoms with van der Waals surface area (Å²) in [4.78, 5) is 40.8. The number of amides is 3. The highest BCUT2D eigenvalue weighted by atomic mass is 35.5. The fraction of sp³-hybridized carbons (Fsp3) is 0.125. The van der Waals surface area contributed by atoms with Crippen LogP contribution in [0.1, 0.15) is 15.9 Å². The summed E-state index contributed by atoms with van der Waals surface area (Å²) in [6.45, 7) is -0.276. The van der Waals surface area contributed by atoms with Crippen LogP contribution in [0.2, 0.25) is 5.02 Å². The number of urea groups is 1. The van der Waals surface area contributed by atoms with Crippen molar-refractivity contribution in [1.82, 2.24) is 25.4 Å². The molecule has 0 saturated carbocycles. The Kier molecular flexibility index (Phi) is 6.84. The summed E-state index contributed by atoms with van der Waals surface area (Å²) < 4.78 is 6.81. The number of rotatable bonds is 6. The lowest BCUT2D eigenvalue weighted by Gasteiger charge is -2.10. The van der Waals surface area contributed by atoms with E-state index in [4.69, 9.17) is 21.3 Å². The van der Waals surface area contributed by atoms with E-state index in [-0.39, 0.29) is 5.56 Å². The molecule has 0 fully saturated rings. The molecule has 2 heterocycles. The Hall–Kier alpha value is -4.24. The molecule has 9 nitrogen and oxygen atoms in total. The van der Waals surface area contributed by atoms with Gasteiger partial charge in [-0.1, -0.05) is 60.1 Å². The Labute approximate surface area is 199 Å². The van der Waals surface area contributed by atoms with E-state index in [2.05, 4.69) is 10.4 Å². The van der Waals surface area contributed by atoms with E-state index in [0.29, 0.717) is 28.3 Å². The largest absolute Gasteiger partial charge is 0.452 e. The highest BCUT2D eigenvalue weighted by Gasteiger charge is 2.20. The molecule has 3 amide bonds. The fourth-order valence-electron chi connectivity index (χ4n) is 3.31. The van der Waals surface area contributed by atoms with Gasteiger partial charge in [-0.15, -0.1) is 0 Å². The smallest absolute Gasteiger partial charge is 0.339 e. The van der Waals surface area contributed by atoms with Crippen LogP contribution in [-0.4, -0.2) is 46.3 Å². The minimum absolute atomic E-state index is 0.196. The number of ether oxygens (including phenoxy) is 1. The summed E-state index contributed by atoms with van der Waals surface area (Å²) in [6, 6.07) is 17.6. The van der Waals surface area contributed by atoms with Gasteiger partial charge in [0, 0.05) is 17.6 Å². The van der Waals surface area contributed by atoms with Gasteiger partial charge in [0.25, 0.3) is 5.91 Å². The number of hydrogen-bond acceptors (Lipinski definition) is 6. The second-order valence-electron chi connectivity index (χ2n) is 7.26. The Morgan fingerprint density at radius 3 is 2.53 bits per heavy atom. The molecule has 0 bridgehead atoms. The van der Waals surface area contributed by atoms with Gasteiger partial charge in [0.1, 0.15) is 0 Å². The normalized spacial score (nSPS) is 10.6. The van der Waals surface area contributed by atoms with Crippen LogP contribution in [0.15, 0.2) is 66.9 Å². The highest BCUT2D eigenvalue weighted by molar-refractivity contribution is 6.31. The van der Waals surface area contributed by atoms with E-state index in [1.165, 1.54) is 13.2 Å². The standard InChI is InChI=1S/C24H20ClN5O4/c1-26-24(33)29-21(31)14-34-23(32)17-11-20(15-7-3-2-4-8-15)28-22-18(17)12-27-30(22)13-16-9-5-6-10-19(16)25/h2-12H,13-14H2,1H3,(H2,26,29,31,33). The number of esters is 1. The van der Waals surface area contributed by atoms with E-state index in [1.807, 2.05) is 53.8 Å². The predicted molar refractivity (Wildman–Crippen MR) is 126 cm³/mol. The number of nitrogens with zero attached hydrogens (tertiary/aromatic N) is 3. The number of imide groups is 1. The van der Waals surface area contributed by atoms with Crippen molar-refractivity contribution in [3.8, 4) is 11.3 Å². The number of nitrogens with one attached hydrogen (secondary N) is 2. The molecule has 10 heteroatoms. The first-order chi connectivity index (χ1) is 16.5. The van der Waals surface area contributed by atoms with Crippen LogP contribution in [0, 0.1) is 0 Å². The maximum atomic E-state index is 12.9. The van der Waals surface area contributed by atoms with E-state index in [0.717, 1.165) is 11.1 Å². The molecule has 0 aliphatic carbocycles. The quantitative estimate of drug-likeness (QED) is 0.411. The minimum atomic E-state index is -0.754. The number of aromatic nitrogens is 3. The number of pyridine rings is 1. The zero-order valence-electron chi connectivity index (χ0n) is 18.1. The molecule has 4 aromatic rings. The summed E-state index contributed by atoms with van der Waals surface area (Å²) in [5.74, 6) is -1.50. The van der Waals surface area contributed by atoms with Gasteiger partial charge in [-0.05, 0) is 17.7 Å². The van der Waals surface area contributed by atoms with Crippen molar-refractivity contribution in [3.63, 3.8) is 0 Å². The summed E-state index contributed by atoms with van der Waals surface area (Å²) in [7, 11) is 1.37. The second kappa shape index (κ2) is 10.1. The molecule has 2 aromatic heterocycles. The van der Waals surface area contributed by atoms with Crippen LogP contribution in [0.5, 0.6) is 0 Å². The van der Waals surface area contributed by atoms with Gasteiger partial charge in [0.15, 0.2) is 12.3 Å². The van der Waals surface area contributed by atoms with Crippen molar-refractivity contribution in [2.75, 3.05) is 13.7 Å². The lowest BCUT2D eigenvalue weighted by atomic mass is 10.1. The first-order valence-electron chi connectivity index (χ1n) is 10.3. The van der Waals surface area contributed by atoms with Crippen molar-refractivity contribution in [2.24, 2.45) is 0 Å². The van der Waals surface area contributed by atoms with Gasteiger partial charge in [-0.25, -0.2) is 19.3 Å². The molecule has 2 aromatic carbocycles. The molecule has 0 atom stereocenters. The molecule has 0 radical (unpaired) electrons. The monoisotopic (exact) mass is 477 g/mol. The van der Waals surface area contributed by atoms with E-state index in [1.54, 1.807) is 16.8 Å². The topological polar surface area (TPSA) is 115 Å². The zero-order chi connectivity index (χ0) is 24.1. The molecule has 34 heavy (non-hydrogen) atoms. The van der Waals surface area contributed by atoms with Crippen LogP contribution in [0.3, 0.4) is 0 Å². The SMILES string of the molecule is CNC(=O)NC(=O)COC(=O)c1cc(-c2ccccc2)nc2c1cnn2Cc1ccccc1Cl. The fourth-order valence-corrected chi connectivity index (χ4v) is 3.51.